The number of hydrogen-bond donors (Lipinski definition) is 0. The fourth-order valence-electron chi connectivity index (χ4n) is 6.60. The van der Waals surface area contributed by atoms with Crippen molar-refractivity contribution in [1.29, 1.82) is 0 Å². The van der Waals surface area contributed by atoms with Crippen molar-refractivity contribution in [3.8, 4) is 5.75 Å². The molecular formula is C26H28N2O3S. The van der Waals surface area contributed by atoms with Crippen LogP contribution in [-0.2, 0) is 16.1 Å². The number of benzene rings is 2. The van der Waals surface area contributed by atoms with E-state index in [1.54, 1.807) is 7.11 Å². The van der Waals surface area contributed by atoms with Gasteiger partial charge < -0.3 is 14.0 Å². The number of carbonyl (C=O) groups excluding carboxylic acids is 1. The van der Waals surface area contributed by atoms with Crippen LogP contribution in [0.5, 0.6) is 5.75 Å². The number of aryl methyl sites for hydroxylation is 1. The Bertz CT molecular complexity index is 1200. The quantitative estimate of drug-likeness (QED) is 0.540. The van der Waals surface area contributed by atoms with Gasteiger partial charge in [-0.25, -0.2) is 0 Å². The Hall–Kier alpha value is -2.44. The van der Waals surface area contributed by atoms with Gasteiger partial charge in [0.2, 0.25) is 0 Å². The summed E-state index contributed by atoms with van der Waals surface area (Å²) < 4.78 is 13.6. The number of hydrogen-bond acceptors (Lipinski definition) is 5. The molecule has 5 nitrogen and oxygen atoms in total. The Kier molecular flexibility index (Phi) is 4.60. The maximum atomic E-state index is 13.9. The average molecular weight is 449 g/mol. The molecule has 2 aromatic carbocycles. The molecule has 0 aliphatic carbocycles. The van der Waals surface area contributed by atoms with E-state index in [1.807, 2.05) is 30.8 Å². The van der Waals surface area contributed by atoms with Crippen molar-refractivity contribution >= 4 is 28.6 Å². The number of carbonyl (C=O) groups is 1. The molecule has 166 valence electrons. The summed E-state index contributed by atoms with van der Waals surface area (Å²) in [5.41, 5.74) is 4.38. The number of fused-ring (bicyclic) bond motifs is 7. The molecule has 3 aromatic rings. The SMILES string of the molecule is CCOC(=O)C12Cn3c(c(C)c4ccccc43)[C@@H]1N1CSCC1[C@@H]2c1ccc(OC)cc1. The Morgan fingerprint density at radius 1 is 1.19 bits per heavy atom. The first-order valence-corrected chi connectivity index (χ1v) is 12.5. The Morgan fingerprint density at radius 2 is 1.97 bits per heavy atom. The molecule has 0 radical (unpaired) electrons. The maximum Gasteiger partial charge on any atom is 0.316 e. The van der Waals surface area contributed by atoms with Crippen molar-refractivity contribution in [3.05, 3.63) is 65.4 Å². The average Bonchev–Trinajstić information content (AvgIpc) is 3.53. The van der Waals surface area contributed by atoms with E-state index in [4.69, 9.17) is 9.47 Å². The highest BCUT2D eigenvalue weighted by Crippen LogP contribution is 2.66. The van der Waals surface area contributed by atoms with Gasteiger partial charge in [-0.3, -0.25) is 9.69 Å². The van der Waals surface area contributed by atoms with Crippen LogP contribution in [0.1, 0.15) is 35.7 Å². The van der Waals surface area contributed by atoms with Crippen LogP contribution in [-0.4, -0.2) is 46.8 Å². The second-order valence-electron chi connectivity index (χ2n) is 9.11. The highest BCUT2D eigenvalue weighted by molar-refractivity contribution is 7.99. The summed E-state index contributed by atoms with van der Waals surface area (Å²) in [6, 6.07) is 17.3. The number of rotatable bonds is 4. The first-order valence-electron chi connectivity index (χ1n) is 11.3. The van der Waals surface area contributed by atoms with Crippen LogP contribution in [0.15, 0.2) is 48.5 Å². The van der Waals surface area contributed by atoms with Gasteiger partial charge in [-0.15, -0.1) is 11.8 Å². The van der Waals surface area contributed by atoms with Crippen molar-refractivity contribution in [2.24, 2.45) is 5.41 Å². The van der Waals surface area contributed by atoms with Gasteiger partial charge in [-0.2, -0.15) is 0 Å². The summed E-state index contributed by atoms with van der Waals surface area (Å²) in [5.74, 6) is 2.84. The lowest BCUT2D eigenvalue weighted by Gasteiger charge is -2.34. The lowest BCUT2D eigenvalue weighted by atomic mass is 9.68. The van der Waals surface area contributed by atoms with Gasteiger partial charge in [0.05, 0.1) is 19.8 Å². The second kappa shape index (κ2) is 7.29. The van der Waals surface area contributed by atoms with Gasteiger partial charge in [0, 0.05) is 46.7 Å². The number of para-hydroxylation sites is 1. The third-order valence-electron chi connectivity index (χ3n) is 7.80. The smallest absolute Gasteiger partial charge is 0.316 e. The maximum absolute atomic E-state index is 13.9. The minimum atomic E-state index is -0.625. The van der Waals surface area contributed by atoms with E-state index in [9.17, 15) is 4.79 Å². The number of aromatic nitrogens is 1. The normalized spacial score (nSPS) is 28.5. The van der Waals surface area contributed by atoms with Gasteiger partial charge >= 0.3 is 5.97 Å². The van der Waals surface area contributed by atoms with Gasteiger partial charge in [0.1, 0.15) is 11.2 Å². The molecular weight excluding hydrogens is 420 g/mol. The van der Waals surface area contributed by atoms with E-state index in [0.717, 1.165) is 17.4 Å². The van der Waals surface area contributed by atoms with E-state index in [2.05, 4.69) is 52.8 Å². The van der Waals surface area contributed by atoms with Crippen molar-refractivity contribution in [2.45, 2.75) is 38.4 Å². The predicted octanol–water partition coefficient (Wildman–Crippen LogP) is 4.73. The van der Waals surface area contributed by atoms with Gasteiger partial charge in [-0.1, -0.05) is 30.3 Å². The van der Waals surface area contributed by atoms with E-state index in [1.165, 1.54) is 27.7 Å². The highest BCUT2D eigenvalue weighted by Gasteiger charge is 2.69. The molecule has 6 rings (SSSR count). The van der Waals surface area contributed by atoms with Crippen LogP contribution in [0.3, 0.4) is 0 Å². The molecule has 4 atom stereocenters. The zero-order valence-corrected chi connectivity index (χ0v) is 19.5. The predicted molar refractivity (Wildman–Crippen MR) is 127 cm³/mol. The second-order valence-corrected chi connectivity index (χ2v) is 10.1. The molecule has 2 unspecified atom stereocenters. The van der Waals surface area contributed by atoms with Crippen molar-refractivity contribution < 1.29 is 14.3 Å². The van der Waals surface area contributed by atoms with Gasteiger partial charge in [0.15, 0.2) is 0 Å². The number of methoxy groups -OCH3 is 1. The Balaban J connectivity index is 1.59. The highest BCUT2D eigenvalue weighted by atomic mass is 32.2. The lowest BCUT2D eigenvalue weighted by molar-refractivity contribution is -0.158. The lowest BCUT2D eigenvalue weighted by Crippen LogP contribution is -2.41. The Labute approximate surface area is 192 Å². The van der Waals surface area contributed by atoms with Gasteiger partial charge in [-0.05, 0) is 43.2 Å². The number of esters is 1. The Morgan fingerprint density at radius 3 is 2.72 bits per heavy atom. The molecule has 2 fully saturated rings. The van der Waals surface area contributed by atoms with E-state index < -0.39 is 5.41 Å². The number of thioether (sulfide) groups is 1. The molecule has 2 saturated heterocycles. The molecule has 3 aliphatic heterocycles. The van der Waals surface area contributed by atoms with Crippen LogP contribution in [0.25, 0.3) is 10.9 Å². The van der Waals surface area contributed by atoms with Crippen LogP contribution in [0, 0.1) is 12.3 Å². The molecule has 1 aromatic heterocycles. The standard InChI is InChI=1S/C26H28N2O3S/c1-4-31-25(29)26-14-27-20-8-6-5-7-19(20)16(2)23(27)24(26)28-15-32-13-21(28)22(26)17-9-11-18(30-3)12-10-17/h5-12,21-22,24H,4,13-15H2,1-3H3/t21?,22-,24-,26?/m0/s1. The number of nitrogens with zero attached hydrogens (tertiary/aromatic N) is 2. The molecule has 0 saturated carbocycles. The van der Waals surface area contributed by atoms with Crippen LogP contribution >= 0.6 is 11.8 Å². The molecule has 3 aliphatic rings. The summed E-state index contributed by atoms with van der Waals surface area (Å²) in [4.78, 5) is 16.5. The minimum absolute atomic E-state index is 0.0288. The van der Waals surface area contributed by atoms with Crippen molar-refractivity contribution in [3.63, 3.8) is 0 Å². The minimum Gasteiger partial charge on any atom is -0.497 e. The van der Waals surface area contributed by atoms with Crippen LogP contribution < -0.4 is 4.74 Å². The summed E-state index contributed by atoms with van der Waals surface area (Å²) in [5, 5.41) is 1.29. The van der Waals surface area contributed by atoms with E-state index >= 15 is 0 Å². The number of ether oxygens (including phenoxy) is 2. The van der Waals surface area contributed by atoms with Crippen LogP contribution in [0.4, 0.5) is 0 Å². The summed E-state index contributed by atoms with van der Waals surface area (Å²) in [6.45, 7) is 5.19. The zero-order chi connectivity index (χ0) is 22.0. The molecule has 6 heteroatoms. The topological polar surface area (TPSA) is 43.7 Å². The molecule has 4 heterocycles. The zero-order valence-electron chi connectivity index (χ0n) is 18.7. The monoisotopic (exact) mass is 448 g/mol. The molecule has 0 spiro atoms. The molecule has 0 amide bonds. The first kappa shape index (κ1) is 20.2. The third-order valence-corrected chi connectivity index (χ3v) is 8.86. The fraction of sp³-hybridized carbons (Fsp3) is 0.423. The fourth-order valence-corrected chi connectivity index (χ4v) is 7.88. The molecule has 0 N–H and O–H groups in total. The molecule has 0 bridgehead atoms. The summed E-state index contributed by atoms with van der Waals surface area (Å²) in [7, 11) is 1.69. The van der Waals surface area contributed by atoms with E-state index in [0.29, 0.717) is 19.2 Å². The van der Waals surface area contributed by atoms with Gasteiger partial charge in [0.25, 0.3) is 0 Å². The largest absolute Gasteiger partial charge is 0.497 e. The molecule has 32 heavy (non-hydrogen) atoms. The third kappa shape index (κ3) is 2.48. The summed E-state index contributed by atoms with van der Waals surface area (Å²) in [6.07, 6.45) is 0. The van der Waals surface area contributed by atoms with Crippen LogP contribution in [0.2, 0.25) is 0 Å². The first-order chi connectivity index (χ1) is 15.6. The van der Waals surface area contributed by atoms with Crippen molar-refractivity contribution in [2.75, 3.05) is 25.3 Å². The summed E-state index contributed by atoms with van der Waals surface area (Å²) >= 11 is 1.97. The van der Waals surface area contributed by atoms with Crippen molar-refractivity contribution in [1.82, 2.24) is 9.47 Å². The van der Waals surface area contributed by atoms with E-state index in [-0.39, 0.29) is 17.9 Å².